The fraction of sp³-hybridized carbons (Fsp3) is 0.188. The molecule has 20 heavy (non-hydrogen) atoms. The van der Waals surface area contributed by atoms with Crippen LogP contribution < -0.4 is 10.1 Å². The summed E-state index contributed by atoms with van der Waals surface area (Å²) in [6, 6.07) is 12.0. The number of oxazole rings is 1. The van der Waals surface area contributed by atoms with Gasteiger partial charge in [0.2, 0.25) is 5.89 Å². The molecule has 0 amide bonds. The highest BCUT2D eigenvalue weighted by Crippen LogP contribution is 2.32. The minimum atomic E-state index is 0.638. The highest BCUT2D eigenvalue weighted by Gasteiger charge is 2.15. The summed E-state index contributed by atoms with van der Waals surface area (Å²) in [5, 5.41) is 3.35. The van der Waals surface area contributed by atoms with Crippen LogP contribution in [0.5, 0.6) is 5.75 Å². The van der Waals surface area contributed by atoms with Crippen molar-refractivity contribution in [2.24, 2.45) is 0 Å². The Morgan fingerprint density at radius 3 is 3.10 bits per heavy atom. The quantitative estimate of drug-likeness (QED) is 0.771. The van der Waals surface area contributed by atoms with Crippen LogP contribution >= 0.6 is 0 Å². The molecule has 0 bridgehead atoms. The predicted molar refractivity (Wildman–Crippen MR) is 78.2 cm³/mol. The molecule has 3 aromatic rings. The SMILES string of the molecule is COc1cccc2oc(-c3ccc4c(c3)CCN4)nc12. The Hall–Kier alpha value is -2.49. The van der Waals surface area contributed by atoms with Gasteiger partial charge in [-0.15, -0.1) is 0 Å². The summed E-state index contributed by atoms with van der Waals surface area (Å²) in [5.74, 6) is 1.37. The minimum Gasteiger partial charge on any atom is -0.494 e. The first-order valence-electron chi connectivity index (χ1n) is 6.66. The second-order valence-corrected chi connectivity index (χ2v) is 4.87. The van der Waals surface area contributed by atoms with Crippen LogP contribution in [0.1, 0.15) is 5.56 Å². The van der Waals surface area contributed by atoms with Gasteiger partial charge in [0.25, 0.3) is 0 Å². The molecule has 0 spiro atoms. The number of rotatable bonds is 2. The van der Waals surface area contributed by atoms with E-state index in [1.165, 1.54) is 11.3 Å². The van der Waals surface area contributed by atoms with E-state index in [0.717, 1.165) is 35.4 Å². The second-order valence-electron chi connectivity index (χ2n) is 4.87. The summed E-state index contributed by atoms with van der Waals surface area (Å²) in [6.07, 6.45) is 1.05. The molecule has 0 radical (unpaired) electrons. The van der Waals surface area contributed by atoms with Crippen molar-refractivity contribution in [1.29, 1.82) is 0 Å². The third-order valence-corrected chi connectivity index (χ3v) is 3.66. The van der Waals surface area contributed by atoms with Crippen molar-refractivity contribution in [2.75, 3.05) is 19.0 Å². The summed E-state index contributed by atoms with van der Waals surface area (Å²) in [5.41, 5.74) is 5.05. The molecule has 0 unspecified atom stereocenters. The predicted octanol–water partition coefficient (Wildman–Crippen LogP) is 3.47. The van der Waals surface area contributed by atoms with Crippen molar-refractivity contribution in [1.82, 2.24) is 4.98 Å². The Morgan fingerprint density at radius 2 is 2.20 bits per heavy atom. The third-order valence-electron chi connectivity index (χ3n) is 3.66. The first-order chi connectivity index (χ1) is 9.85. The molecule has 2 heterocycles. The van der Waals surface area contributed by atoms with Gasteiger partial charge in [-0.25, -0.2) is 4.98 Å². The Balaban J connectivity index is 1.86. The van der Waals surface area contributed by atoms with Gasteiger partial charge in [0.05, 0.1) is 7.11 Å². The molecule has 0 atom stereocenters. The van der Waals surface area contributed by atoms with Crippen molar-refractivity contribution in [3.05, 3.63) is 42.0 Å². The van der Waals surface area contributed by atoms with Crippen LogP contribution in [0, 0.1) is 0 Å². The molecule has 2 aromatic carbocycles. The maximum absolute atomic E-state index is 5.84. The van der Waals surface area contributed by atoms with Crippen LogP contribution in [0.25, 0.3) is 22.6 Å². The van der Waals surface area contributed by atoms with Gasteiger partial charge in [-0.05, 0) is 42.3 Å². The fourth-order valence-corrected chi connectivity index (χ4v) is 2.65. The molecule has 1 aliphatic rings. The number of ether oxygens (including phenoxy) is 1. The van der Waals surface area contributed by atoms with Crippen LogP contribution in [0.15, 0.2) is 40.8 Å². The number of para-hydroxylation sites is 1. The van der Waals surface area contributed by atoms with Crippen molar-refractivity contribution >= 4 is 16.8 Å². The van der Waals surface area contributed by atoms with Crippen molar-refractivity contribution in [2.45, 2.75) is 6.42 Å². The van der Waals surface area contributed by atoms with Gasteiger partial charge in [0.1, 0.15) is 5.75 Å². The topological polar surface area (TPSA) is 47.3 Å². The lowest BCUT2D eigenvalue weighted by Crippen LogP contribution is -1.90. The first kappa shape index (κ1) is 11.3. The third kappa shape index (κ3) is 1.65. The maximum atomic E-state index is 5.84. The Kier molecular flexibility index (Phi) is 2.42. The van der Waals surface area contributed by atoms with Crippen LogP contribution in [-0.2, 0) is 6.42 Å². The molecular weight excluding hydrogens is 252 g/mol. The number of hydrogen-bond acceptors (Lipinski definition) is 4. The zero-order chi connectivity index (χ0) is 13.5. The molecule has 4 heteroatoms. The van der Waals surface area contributed by atoms with Crippen LogP contribution in [-0.4, -0.2) is 18.6 Å². The number of nitrogens with one attached hydrogen (secondary N) is 1. The standard InChI is InChI=1S/C16H14N2O2/c1-19-13-3-2-4-14-15(13)18-16(20-14)11-5-6-12-10(9-11)7-8-17-12/h2-6,9,17H,7-8H2,1H3. The average molecular weight is 266 g/mol. The van der Waals surface area contributed by atoms with E-state index in [2.05, 4.69) is 22.4 Å². The number of anilines is 1. The molecule has 4 nitrogen and oxygen atoms in total. The summed E-state index contributed by atoms with van der Waals surface area (Å²) in [7, 11) is 1.64. The average Bonchev–Trinajstić information content (AvgIpc) is 3.11. The van der Waals surface area contributed by atoms with Crippen molar-refractivity contribution in [3.63, 3.8) is 0 Å². The van der Waals surface area contributed by atoms with Crippen LogP contribution in [0.3, 0.4) is 0 Å². The zero-order valence-electron chi connectivity index (χ0n) is 11.1. The van der Waals surface area contributed by atoms with Crippen LogP contribution in [0.2, 0.25) is 0 Å². The molecule has 0 saturated heterocycles. The molecule has 1 N–H and O–H groups in total. The van der Waals surface area contributed by atoms with Gasteiger partial charge < -0.3 is 14.5 Å². The van der Waals surface area contributed by atoms with Gasteiger partial charge in [-0.3, -0.25) is 0 Å². The van der Waals surface area contributed by atoms with Crippen molar-refractivity contribution < 1.29 is 9.15 Å². The molecule has 4 rings (SSSR count). The van der Waals surface area contributed by atoms with Gasteiger partial charge in [0.15, 0.2) is 11.1 Å². The summed E-state index contributed by atoms with van der Waals surface area (Å²) < 4.78 is 11.2. The lowest BCUT2D eigenvalue weighted by atomic mass is 10.1. The normalized spacial score (nSPS) is 13.2. The minimum absolute atomic E-state index is 0.638. The van der Waals surface area contributed by atoms with Gasteiger partial charge in [-0.1, -0.05) is 6.07 Å². The van der Waals surface area contributed by atoms with E-state index in [0.29, 0.717) is 5.89 Å². The molecule has 100 valence electrons. The zero-order valence-corrected chi connectivity index (χ0v) is 11.1. The van der Waals surface area contributed by atoms with Crippen LogP contribution in [0.4, 0.5) is 5.69 Å². The lowest BCUT2D eigenvalue weighted by Gasteiger charge is -2.00. The van der Waals surface area contributed by atoms with Gasteiger partial charge in [-0.2, -0.15) is 0 Å². The molecule has 0 aliphatic carbocycles. The number of methoxy groups -OCH3 is 1. The second kappa shape index (κ2) is 4.27. The Morgan fingerprint density at radius 1 is 1.25 bits per heavy atom. The van der Waals surface area contributed by atoms with E-state index >= 15 is 0 Å². The molecule has 1 aliphatic heterocycles. The fourth-order valence-electron chi connectivity index (χ4n) is 2.65. The van der Waals surface area contributed by atoms with Gasteiger partial charge >= 0.3 is 0 Å². The highest BCUT2D eigenvalue weighted by atomic mass is 16.5. The molecule has 0 saturated carbocycles. The molecule has 1 aromatic heterocycles. The highest BCUT2D eigenvalue weighted by molar-refractivity contribution is 5.82. The summed E-state index contributed by atoms with van der Waals surface area (Å²) in [6.45, 7) is 1.00. The monoisotopic (exact) mass is 266 g/mol. The Labute approximate surface area is 116 Å². The number of benzene rings is 2. The largest absolute Gasteiger partial charge is 0.494 e. The summed E-state index contributed by atoms with van der Waals surface area (Å²) in [4.78, 5) is 4.57. The lowest BCUT2D eigenvalue weighted by molar-refractivity contribution is 0.419. The van der Waals surface area contributed by atoms with E-state index in [9.17, 15) is 0 Å². The number of nitrogens with zero attached hydrogens (tertiary/aromatic N) is 1. The maximum Gasteiger partial charge on any atom is 0.227 e. The smallest absolute Gasteiger partial charge is 0.227 e. The van der Waals surface area contributed by atoms with E-state index in [1.54, 1.807) is 7.11 Å². The van der Waals surface area contributed by atoms with E-state index in [4.69, 9.17) is 9.15 Å². The number of hydrogen-bond donors (Lipinski definition) is 1. The van der Waals surface area contributed by atoms with E-state index in [1.807, 2.05) is 24.3 Å². The van der Waals surface area contributed by atoms with E-state index in [-0.39, 0.29) is 0 Å². The number of fused-ring (bicyclic) bond motifs is 2. The first-order valence-corrected chi connectivity index (χ1v) is 6.66. The summed E-state index contributed by atoms with van der Waals surface area (Å²) >= 11 is 0. The van der Waals surface area contributed by atoms with E-state index < -0.39 is 0 Å². The number of aromatic nitrogens is 1. The molecule has 0 fully saturated rings. The van der Waals surface area contributed by atoms with Gasteiger partial charge in [0, 0.05) is 17.8 Å². The Bertz CT molecular complexity index is 792. The molecular formula is C16H14N2O2. The van der Waals surface area contributed by atoms with Crippen molar-refractivity contribution in [3.8, 4) is 17.2 Å².